The number of fused-ring (bicyclic) bond motifs is 2. The van der Waals surface area contributed by atoms with Crippen LogP contribution in [-0.2, 0) is 12.7 Å². The minimum atomic E-state index is -4.61. The lowest BCUT2D eigenvalue weighted by Crippen LogP contribution is -2.10. The summed E-state index contributed by atoms with van der Waals surface area (Å²) in [5.41, 5.74) is -0.412. The number of rotatable bonds is 3. The molecule has 0 saturated heterocycles. The fraction of sp³-hybridized carbons (Fsp3) is 0.100. The normalized spacial score (nSPS) is 12.0. The highest BCUT2D eigenvalue weighted by molar-refractivity contribution is 6.03. The van der Waals surface area contributed by atoms with Crippen molar-refractivity contribution in [3.8, 4) is 0 Å². The first-order chi connectivity index (χ1) is 12.8. The van der Waals surface area contributed by atoms with Crippen LogP contribution >= 0.6 is 0 Å². The van der Waals surface area contributed by atoms with Gasteiger partial charge >= 0.3 is 12.1 Å². The molecule has 0 spiro atoms. The smallest absolute Gasteiger partial charge is 0.416 e. The number of hydrogen-bond donors (Lipinski definition) is 1. The molecule has 0 amide bonds. The Hall–Kier alpha value is -3.35. The Morgan fingerprint density at radius 3 is 2.59 bits per heavy atom. The lowest BCUT2D eigenvalue weighted by molar-refractivity contribution is -0.137. The predicted octanol–water partition coefficient (Wildman–Crippen LogP) is 4.95. The molecule has 4 rings (SSSR count). The highest BCUT2D eigenvalue weighted by atomic mass is 19.4. The number of pyridine rings is 1. The van der Waals surface area contributed by atoms with Gasteiger partial charge in [0.25, 0.3) is 0 Å². The topological polar surface area (TPSA) is 55.1 Å². The largest absolute Gasteiger partial charge is 0.478 e. The number of halogens is 3. The second-order valence-corrected chi connectivity index (χ2v) is 6.19. The molecule has 0 fully saturated rings. The zero-order valence-electron chi connectivity index (χ0n) is 13.9. The molecule has 2 heterocycles. The number of alkyl halides is 3. The van der Waals surface area contributed by atoms with Crippen LogP contribution in [0, 0.1) is 0 Å². The molecular formula is C20H13F3N2O2. The van der Waals surface area contributed by atoms with E-state index < -0.39 is 17.7 Å². The van der Waals surface area contributed by atoms with Gasteiger partial charge in [-0.25, -0.2) is 4.79 Å². The van der Waals surface area contributed by atoms with Crippen LogP contribution in [0.15, 0.2) is 60.9 Å². The van der Waals surface area contributed by atoms with E-state index in [2.05, 4.69) is 4.98 Å². The number of aromatic carboxylic acids is 1. The summed E-state index contributed by atoms with van der Waals surface area (Å²) in [7, 11) is 0. The summed E-state index contributed by atoms with van der Waals surface area (Å²) in [6, 6.07) is 12.6. The van der Waals surface area contributed by atoms with Crippen molar-refractivity contribution < 1.29 is 23.1 Å². The van der Waals surface area contributed by atoms with Gasteiger partial charge in [-0.05, 0) is 29.7 Å². The van der Waals surface area contributed by atoms with Crippen molar-refractivity contribution in [2.75, 3.05) is 0 Å². The molecule has 0 aliphatic heterocycles. The third-order valence-corrected chi connectivity index (χ3v) is 4.49. The van der Waals surface area contributed by atoms with E-state index in [1.807, 2.05) is 30.3 Å². The first-order valence-electron chi connectivity index (χ1n) is 8.10. The monoisotopic (exact) mass is 370 g/mol. The zero-order chi connectivity index (χ0) is 19.2. The number of benzene rings is 2. The van der Waals surface area contributed by atoms with Crippen LogP contribution in [0.4, 0.5) is 13.2 Å². The van der Waals surface area contributed by atoms with Crippen molar-refractivity contribution in [3.05, 3.63) is 77.7 Å². The van der Waals surface area contributed by atoms with Crippen molar-refractivity contribution in [1.82, 2.24) is 9.55 Å². The summed E-state index contributed by atoms with van der Waals surface area (Å²) in [5.74, 6) is -1.41. The van der Waals surface area contributed by atoms with Gasteiger partial charge in [-0.1, -0.05) is 24.3 Å². The lowest BCUT2D eigenvalue weighted by Gasteiger charge is -2.12. The van der Waals surface area contributed by atoms with Crippen LogP contribution in [0.1, 0.15) is 21.6 Å². The minimum Gasteiger partial charge on any atom is -0.478 e. The summed E-state index contributed by atoms with van der Waals surface area (Å²) in [4.78, 5) is 16.0. The SMILES string of the molecule is O=C(O)c1cc(C(F)(F)F)cc2ccn(Cc3nccc4ccccc34)c12. The number of nitrogens with zero attached hydrogens (tertiary/aromatic N) is 2. The molecule has 0 atom stereocenters. The summed E-state index contributed by atoms with van der Waals surface area (Å²) in [5, 5.41) is 11.6. The Labute approximate surface area is 151 Å². The van der Waals surface area contributed by atoms with E-state index in [-0.39, 0.29) is 23.0 Å². The fourth-order valence-electron chi connectivity index (χ4n) is 3.28. The second-order valence-electron chi connectivity index (χ2n) is 6.19. The molecule has 27 heavy (non-hydrogen) atoms. The number of carboxylic acid groups (broad SMARTS) is 1. The van der Waals surface area contributed by atoms with Crippen molar-refractivity contribution in [2.24, 2.45) is 0 Å². The van der Waals surface area contributed by atoms with Crippen LogP contribution in [0.3, 0.4) is 0 Å². The van der Waals surface area contributed by atoms with Gasteiger partial charge in [-0.2, -0.15) is 13.2 Å². The first-order valence-corrected chi connectivity index (χ1v) is 8.10. The van der Waals surface area contributed by atoms with Gasteiger partial charge in [-0.3, -0.25) is 4.98 Å². The van der Waals surface area contributed by atoms with Crippen molar-refractivity contribution >= 4 is 27.6 Å². The molecule has 0 aliphatic carbocycles. The summed E-state index contributed by atoms with van der Waals surface area (Å²) >= 11 is 0. The van der Waals surface area contributed by atoms with Gasteiger partial charge in [0.1, 0.15) is 0 Å². The van der Waals surface area contributed by atoms with Gasteiger partial charge in [-0.15, -0.1) is 0 Å². The number of aromatic nitrogens is 2. The van der Waals surface area contributed by atoms with E-state index in [4.69, 9.17) is 0 Å². The van der Waals surface area contributed by atoms with Crippen LogP contribution in [0.5, 0.6) is 0 Å². The maximum atomic E-state index is 13.1. The molecule has 0 radical (unpaired) electrons. The third kappa shape index (κ3) is 3.01. The van der Waals surface area contributed by atoms with Crippen LogP contribution in [-0.4, -0.2) is 20.6 Å². The van der Waals surface area contributed by atoms with Gasteiger partial charge in [0, 0.05) is 23.2 Å². The van der Waals surface area contributed by atoms with Crippen LogP contribution in [0.25, 0.3) is 21.7 Å². The van der Waals surface area contributed by atoms with E-state index in [0.29, 0.717) is 11.8 Å². The van der Waals surface area contributed by atoms with E-state index in [0.717, 1.165) is 16.8 Å². The highest BCUT2D eigenvalue weighted by Crippen LogP contribution is 2.34. The average Bonchev–Trinajstić information content (AvgIpc) is 3.03. The molecule has 1 N–H and O–H groups in total. The van der Waals surface area contributed by atoms with E-state index in [9.17, 15) is 23.1 Å². The Balaban J connectivity index is 1.89. The van der Waals surface area contributed by atoms with Gasteiger partial charge < -0.3 is 9.67 Å². The molecule has 0 bridgehead atoms. The zero-order valence-corrected chi connectivity index (χ0v) is 13.9. The summed E-state index contributed by atoms with van der Waals surface area (Å²) in [6.07, 6.45) is -1.37. The molecule has 0 aliphatic rings. The molecule has 2 aromatic heterocycles. The van der Waals surface area contributed by atoms with Crippen LogP contribution < -0.4 is 0 Å². The van der Waals surface area contributed by atoms with Crippen LogP contribution in [0.2, 0.25) is 0 Å². The quantitative estimate of drug-likeness (QED) is 0.555. The fourth-order valence-corrected chi connectivity index (χ4v) is 3.28. The summed E-state index contributed by atoms with van der Waals surface area (Å²) < 4.78 is 40.9. The maximum Gasteiger partial charge on any atom is 0.416 e. The second kappa shape index (κ2) is 6.12. The van der Waals surface area contributed by atoms with E-state index in [1.54, 1.807) is 17.0 Å². The Kier molecular flexibility index (Phi) is 3.87. The van der Waals surface area contributed by atoms with Gasteiger partial charge in [0.05, 0.1) is 28.9 Å². The Bertz CT molecular complexity index is 1170. The maximum absolute atomic E-state index is 13.1. The molecule has 136 valence electrons. The minimum absolute atomic E-state index is 0.225. The molecule has 0 unspecified atom stereocenters. The Morgan fingerprint density at radius 1 is 1.07 bits per heavy atom. The van der Waals surface area contributed by atoms with E-state index >= 15 is 0 Å². The standard InChI is InChI=1S/C20H13F3N2O2/c21-20(22,23)14-9-13-6-8-25(18(13)16(10-14)19(26)27)11-17-15-4-2-1-3-12(15)5-7-24-17/h1-10H,11H2,(H,26,27). The average molecular weight is 370 g/mol. The first kappa shape index (κ1) is 17.1. The third-order valence-electron chi connectivity index (χ3n) is 4.49. The van der Waals surface area contributed by atoms with Gasteiger partial charge in [0.2, 0.25) is 0 Å². The summed E-state index contributed by atoms with van der Waals surface area (Å²) in [6.45, 7) is 0.247. The lowest BCUT2D eigenvalue weighted by atomic mass is 10.1. The number of carbonyl (C=O) groups is 1. The number of carboxylic acids is 1. The van der Waals surface area contributed by atoms with Gasteiger partial charge in [0.15, 0.2) is 0 Å². The van der Waals surface area contributed by atoms with Crippen molar-refractivity contribution in [3.63, 3.8) is 0 Å². The molecule has 0 saturated carbocycles. The van der Waals surface area contributed by atoms with E-state index in [1.165, 1.54) is 6.07 Å². The van der Waals surface area contributed by atoms with Crippen molar-refractivity contribution in [2.45, 2.75) is 12.7 Å². The molecule has 7 heteroatoms. The predicted molar refractivity (Wildman–Crippen MR) is 94.7 cm³/mol. The molecule has 4 nitrogen and oxygen atoms in total. The van der Waals surface area contributed by atoms with Crippen molar-refractivity contribution in [1.29, 1.82) is 0 Å². The molecular weight excluding hydrogens is 357 g/mol. The number of hydrogen-bond acceptors (Lipinski definition) is 2. The highest BCUT2D eigenvalue weighted by Gasteiger charge is 2.32. The molecule has 2 aromatic carbocycles. The Morgan fingerprint density at radius 2 is 1.85 bits per heavy atom. The molecule has 4 aromatic rings.